The standard InChI is InChI=1S/C22H33OP/c1-3-5-7-11-18-24(23,19-12-8-6-4-2)22-17-13-15-20-14-9-10-16-21(20)22/h9-10,13-17H,3-8,11-12,18-19H2,1-2H3. The van der Waals surface area contributed by atoms with Crippen molar-refractivity contribution in [2.24, 2.45) is 0 Å². The Balaban J connectivity index is 2.24. The minimum atomic E-state index is -2.30. The first-order chi connectivity index (χ1) is 11.7. The Bertz CT molecular complexity index is 641. The van der Waals surface area contributed by atoms with Gasteiger partial charge in [0.2, 0.25) is 0 Å². The molecule has 0 heterocycles. The highest BCUT2D eigenvalue weighted by molar-refractivity contribution is 7.72. The lowest BCUT2D eigenvalue weighted by atomic mass is 10.1. The molecule has 132 valence electrons. The third-order valence-electron chi connectivity index (χ3n) is 4.95. The fourth-order valence-corrected chi connectivity index (χ4v) is 6.68. The van der Waals surface area contributed by atoms with Crippen LogP contribution in [0.1, 0.15) is 65.2 Å². The van der Waals surface area contributed by atoms with E-state index < -0.39 is 7.14 Å². The number of unbranched alkanes of at least 4 members (excludes halogenated alkanes) is 6. The van der Waals surface area contributed by atoms with Gasteiger partial charge in [-0.2, -0.15) is 0 Å². The molecule has 0 unspecified atom stereocenters. The number of hydrogen-bond acceptors (Lipinski definition) is 1. The van der Waals surface area contributed by atoms with Crippen molar-refractivity contribution in [3.05, 3.63) is 42.5 Å². The molecule has 2 aromatic rings. The second-order valence-corrected chi connectivity index (χ2v) is 10.1. The summed E-state index contributed by atoms with van der Waals surface area (Å²) in [5.74, 6) is 0. The van der Waals surface area contributed by atoms with Gasteiger partial charge >= 0.3 is 0 Å². The molecule has 0 radical (unpaired) electrons. The van der Waals surface area contributed by atoms with Gasteiger partial charge in [-0.1, -0.05) is 94.8 Å². The normalized spacial score (nSPS) is 11.9. The van der Waals surface area contributed by atoms with Gasteiger partial charge in [0.25, 0.3) is 0 Å². The Morgan fingerprint density at radius 3 is 1.92 bits per heavy atom. The predicted molar refractivity (Wildman–Crippen MR) is 109 cm³/mol. The average molecular weight is 344 g/mol. The van der Waals surface area contributed by atoms with E-state index >= 15 is 0 Å². The number of rotatable bonds is 11. The first-order valence-corrected chi connectivity index (χ1v) is 11.9. The molecule has 24 heavy (non-hydrogen) atoms. The van der Waals surface area contributed by atoms with Crippen molar-refractivity contribution in [1.29, 1.82) is 0 Å². The van der Waals surface area contributed by atoms with E-state index in [1.807, 2.05) is 0 Å². The van der Waals surface area contributed by atoms with Crippen molar-refractivity contribution in [1.82, 2.24) is 0 Å². The second-order valence-electron chi connectivity index (χ2n) is 6.96. The van der Waals surface area contributed by atoms with E-state index in [-0.39, 0.29) is 0 Å². The van der Waals surface area contributed by atoms with E-state index in [4.69, 9.17) is 0 Å². The summed E-state index contributed by atoms with van der Waals surface area (Å²) >= 11 is 0. The maximum atomic E-state index is 14.0. The zero-order valence-electron chi connectivity index (χ0n) is 15.5. The van der Waals surface area contributed by atoms with E-state index in [0.29, 0.717) is 0 Å². The number of fused-ring (bicyclic) bond motifs is 1. The van der Waals surface area contributed by atoms with Crippen molar-refractivity contribution >= 4 is 23.2 Å². The van der Waals surface area contributed by atoms with Crippen LogP contribution < -0.4 is 5.30 Å². The van der Waals surface area contributed by atoms with Crippen LogP contribution in [0.2, 0.25) is 0 Å². The van der Waals surface area contributed by atoms with Crippen molar-refractivity contribution in [2.45, 2.75) is 65.2 Å². The minimum Gasteiger partial charge on any atom is -0.319 e. The Morgan fingerprint density at radius 1 is 0.708 bits per heavy atom. The van der Waals surface area contributed by atoms with Crippen LogP contribution in [0.5, 0.6) is 0 Å². The maximum Gasteiger partial charge on any atom is 0.116 e. The summed E-state index contributed by atoms with van der Waals surface area (Å²) in [6.45, 7) is 4.46. The first-order valence-electron chi connectivity index (χ1n) is 9.77. The van der Waals surface area contributed by atoms with Gasteiger partial charge in [0.15, 0.2) is 0 Å². The van der Waals surface area contributed by atoms with Gasteiger partial charge in [-0.3, -0.25) is 0 Å². The molecule has 0 atom stereocenters. The molecule has 1 nitrogen and oxygen atoms in total. The Labute approximate surface area is 148 Å². The topological polar surface area (TPSA) is 17.1 Å². The van der Waals surface area contributed by atoms with Gasteiger partial charge in [0.05, 0.1) is 0 Å². The largest absolute Gasteiger partial charge is 0.319 e. The van der Waals surface area contributed by atoms with E-state index in [1.54, 1.807) is 0 Å². The van der Waals surface area contributed by atoms with E-state index in [2.05, 4.69) is 56.3 Å². The monoisotopic (exact) mass is 344 g/mol. The smallest absolute Gasteiger partial charge is 0.116 e. The Hall–Kier alpha value is -1.07. The molecular weight excluding hydrogens is 311 g/mol. The zero-order chi connectivity index (χ0) is 17.3. The SMILES string of the molecule is CCCCCCP(=O)(CCCCCC)c1cccc2ccccc12. The van der Waals surface area contributed by atoms with Crippen LogP contribution in [0.25, 0.3) is 10.8 Å². The first kappa shape index (κ1) is 19.3. The lowest BCUT2D eigenvalue weighted by Crippen LogP contribution is -2.12. The number of benzene rings is 2. The number of hydrogen-bond donors (Lipinski definition) is 0. The van der Waals surface area contributed by atoms with Crippen LogP contribution in [-0.2, 0) is 4.57 Å². The van der Waals surface area contributed by atoms with Gasteiger partial charge in [0.1, 0.15) is 7.14 Å². The molecule has 2 heteroatoms. The molecule has 0 aliphatic heterocycles. The summed E-state index contributed by atoms with van der Waals surface area (Å²) in [7, 11) is -2.30. The highest BCUT2D eigenvalue weighted by Crippen LogP contribution is 2.48. The molecule has 2 aromatic carbocycles. The summed E-state index contributed by atoms with van der Waals surface area (Å²) in [6.07, 6.45) is 11.4. The van der Waals surface area contributed by atoms with Crippen molar-refractivity contribution in [3.63, 3.8) is 0 Å². The van der Waals surface area contributed by atoms with Crippen LogP contribution in [-0.4, -0.2) is 12.3 Å². The summed E-state index contributed by atoms with van der Waals surface area (Å²) in [5.41, 5.74) is 0. The predicted octanol–water partition coefficient (Wildman–Crippen LogP) is 6.99. The molecule has 0 fully saturated rings. The molecule has 0 saturated carbocycles. The average Bonchev–Trinajstić information content (AvgIpc) is 2.62. The molecule has 0 aliphatic carbocycles. The van der Waals surface area contributed by atoms with Crippen molar-refractivity contribution in [2.75, 3.05) is 12.3 Å². The zero-order valence-corrected chi connectivity index (χ0v) is 16.4. The van der Waals surface area contributed by atoms with Crippen molar-refractivity contribution < 1.29 is 4.57 Å². The quantitative estimate of drug-likeness (QED) is 0.317. The van der Waals surface area contributed by atoms with Crippen molar-refractivity contribution in [3.8, 4) is 0 Å². The Morgan fingerprint density at radius 2 is 1.29 bits per heavy atom. The molecule has 2 rings (SSSR count). The molecule has 0 amide bonds. The van der Waals surface area contributed by atoms with E-state index in [1.165, 1.54) is 49.3 Å². The Kier molecular flexibility index (Phi) is 8.06. The van der Waals surface area contributed by atoms with Gasteiger partial charge in [-0.15, -0.1) is 0 Å². The fourth-order valence-electron chi connectivity index (χ4n) is 3.50. The van der Waals surface area contributed by atoms with E-state index in [0.717, 1.165) is 30.5 Å². The van der Waals surface area contributed by atoms with E-state index in [9.17, 15) is 4.57 Å². The summed E-state index contributed by atoms with van der Waals surface area (Å²) in [6, 6.07) is 14.8. The summed E-state index contributed by atoms with van der Waals surface area (Å²) in [5, 5.41) is 3.56. The molecule has 0 bridgehead atoms. The highest BCUT2D eigenvalue weighted by Gasteiger charge is 2.25. The van der Waals surface area contributed by atoms with Gasteiger partial charge in [-0.25, -0.2) is 0 Å². The third kappa shape index (κ3) is 5.21. The van der Waals surface area contributed by atoms with Crippen LogP contribution in [0.3, 0.4) is 0 Å². The molecule has 0 aliphatic rings. The van der Waals surface area contributed by atoms with Crippen LogP contribution >= 0.6 is 7.14 Å². The lowest BCUT2D eigenvalue weighted by Gasteiger charge is -2.21. The van der Waals surface area contributed by atoms with Crippen LogP contribution in [0, 0.1) is 0 Å². The minimum absolute atomic E-state index is 0.882. The van der Waals surface area contributed by atoms with Crippen LogP contribution in [0.15, 0.2) is 42.5 Å². The molecular formula is C22H33OP. The third-order valence-corrected chi connectivity index (χ3v) is 8.30. The van der Waals surface area contributed by atoms with Gasteiger partial charge in [-0.05, 0) is 23.6 Å². The highest BCUT2D eigenvalue weighted by atomic mass is 31.2. The van der Waals surface area contributed by atoms with Gasteiger partial charge < -0.3 is 4.57 Å². The second kappa shape index (κ2) is 10.0. The maximum absolute atomic E-state index is 14.0. The van der Waals surface area contributed by atoms with Crippen LogP contribution in [0.4, 0.5) is 0 Å². The molecule has 0 N–H and O–H groups in total. The fraction of sp³-hybridized carbons (Fsp3) is 0.545. The van der Waals surface area contributed by atoms with Gasteiger partial charge in [0, 0.05) is 17.6 Å². The molecule has 0 spiro atoms. The summed E-state index contributed by atoms with van der Waals surface area (Å²) < 4.78 is 14.0. The molecule has 0 aromatic heterocycles. The molecule has 0 saturated heterocycles. The lowest BCUT2D eigenvalue weighted by molar-refractivity contribution is 0.572. The summed E-state index contributed by atoms with van der Waals surface area (Å²) in [4.78, 5) is 0.